The lowest BCUT2D eigenvalue weighted by molar-refractivity contribution is 0.418. The van der Waals surface area contributed by atoms with Crippen molar-refractivity contribution in [1.82, 2.24) is 0 Å². The first-order valence-corrected chi connectivity index (χ1v) is 5.05. The molecule has 0 aliphatic carbocycles. The molecule has 0 radical (unpaired) electrons. The van der Waals surface area contributed by atoms with Gasteiger partial charge in [-0.05, 0) is 24.2 Å². The Morgan fingerprint density at radius 1 is 1.25 bits per heavy atom. The Morgan fingerprint density at radius 3 is 2.00 bits per heavy atom. The van der Waals surface area contributed by atoms with Gasteiger partial charge in [0, 0.05) is 0 Å². The molecule has 0 heterocycles. The minimum Gasteiger partial charge on any atom is -0.0846 e. The Morgan fingerprint density at radius 2 is 1.75 bits per heavy atom. The maximum atomic E-state index is 2.42. The normalized spacial score (nSPS) is 14.1. The average molecular weight is 168 g/mol. The van der Waals surface area contributed by atoms with E-state index in [0.717, 1.165) is 5.92 Å². The van der Waals surface area contributed by atoms with Crippen LogP contribution < -0.4 is 0 Å². The maximum Gasteiger partial charge on any atom is -0.0260 e. The molecule has 0 aromatic carbocycles. The van der Waals surface area contributed by atoms with Crippen LogP contribution in [0, 0.1) is 11.3 Å². The average Bonchev–Trinajstić information content (AvgIpc) is 1.85. The molecule has 0 heteroatoms. The van der Waals surface area contributed by atoms with Crippen LogP contribution >= 0.6 is 0 Å². The first kappa shape index (κ1) is 11.7. The molecule has 0 saturated carbocycles. The minimum atomic E-state index is 0.440. The highest BCUT2D eigenvalue weighted by atomic mass is 14.1. The van der Waals surface area contributed by atoms with Crippen LogP contribution in [0.15, 0.2) is 11.6 Å². The summed E-state index contributed by atoms with van der Waals surface area (Å²) < 4.78 is 0. The molecular formula is C12H24. The van der Waals surface area contributed by atoms with Gasteiger partial charge in [0.1, 0.15) is 0 Å². The van der Waals surface area contributed by atoms with Gasteiger partial charge in [0.25, 0.3) is 0 Å². The van der Waals surface area contributed by atoms with E-state index in [1.807, 2.05) is 0 Å². The van der Waals surface area contributed by atoms with Crippen molar-refractivity contribution in [3.8, 4) is 0 Å². The molecule has 72 valence electrons. The third kappa shape index (κ3) is 5.40. The first-order chi connectivity index (χ1) is 5.37. The van der Waals surface area contributed by atoms with Gasteiger partial charge in [-0.3, -0.25) is 0 Å². The second-order valence-corrected chi connectivity index (χ2v) is 5.05. The van der Waals surface area contributed by atoms with E-state index in [1.165, 1.54) is 12.8 Å². The summed E-state index contributed by atoms with van der Waals surface area (Å²) in [6.45, 7) is 13.7. The van der Waals surface area contributed by atoms with Gasteiger partial charge < -0.3 is 0 Å². The van der Waals surface area contributed by atoms with Gasteiger partial charge in [-0.2, -0.15) is 0 Å². The zero-order chi connectivity index (χ0) is 9.78. The van der Waals surface area contributed by atoms with E-state index in [2.05, 4.69) is 47.6 Å². The lowest BCUT2D eigenvalue weighted by atomic mass is 9.89. The summed E-state index contributed by atoms with van der Waals surface area (Å²) in [7, 11) is 0. The second-order valence-electron chi connectivity index (χ2n) is 5.05. The van der Waals surface area contributed by atoms with E-state index >= 15 is 0 Å². The molecule has 0 atom stereocenters. The van der Waals surface area contributed by atoms with Crippen molar-refractivity contribution in [3.63, 3.8) is 0 Å². The summed E-state index contributed by atoms with van der Waals surface area (Å²) in [6, 6.07) is 0. The number of rotatable bonds is 3. The summed E-state index contributed by atoms with van der Waals surface area (Å²) in [6.07, 6.45) is 4.83. The molecule has 12 heavy (non-hydrogen) atoms. The first-order valence-electron chi connectivity index (χ1n) is 5.05. The van der Waals surface area contributed by atoms with Gasteiger partial charge in [-0.15, -0.1) is 0 Å². The Bertz CT molecular complexity index is 144. The molecule has 0 unspecified atom stereocenters. The van der Waals surface area contributed by atoms with E-state index in [4.69, 9.17) is 0 Å². The maximum absolute atomic E-state index is 2.42. The summed E-state index contributed by atoms with van der Waals surface area (Å²) in [5.41, 5.74) is 2.04. The fourth-order valence-electron chi connectivity index (χ4n) is 1.23. The van der Waals surface area contributed by atoms with Gasteiger partial charge in [-0.25, -0.2) is 0 Å². The lowest BCUT2D eigenvalue weighted by Crippen LogP contribution is -2.04. The van der Waals surface area contributed by atoms with Gasteiger partial charge in [-0.1, -0.05) is 53.2 Å². The molecule has 0 nitrogen and oxygen atoms in total. The fourth-order valence-corrected chi connectivity index (χ4v) is 1.23. The monoisotopic (exact) mass is 168 g/mol. The van der Waals surface area contributed by atoms with Crippen molar-refractivity contribution in [2.75, 3.05) is 0 Å². The van der Waals surface area contributed by atoms with Crippen molar-refractivity contribution in [1.29, 1.82) is 0 Å². The number of allylic oxidation sites excluding steroid dienone is 2. The predicted octanol–water partition coefficient (Wildman–Crippen LogP) is 4.42. The molecule has 0 saturated heterocycles. The molecule has 0 bridgehead atoms. The Kier molecular flexibility index (Phi) is 4.59. The SMILES string of the molecule is CC/C(=C\CC(C)(C)C)C(C)C. The van der Waals surface area contributed by atoms with E-state index in [0.29, 0.717) is 5.41 Å². The smallest absolute Gasteiger partial charge is 0.0260 e. The molecule has 0 aromatic rings. The zero-order valence-corrected chi connectivity index (χ0v) is 9.57. The summed E-state index contributed by atoms with van der Waals surface area (Å²) in [4.78, 5) is 0. The third-order valence-electron chi connectivity index (χ3n) is 2.13. The van der Waals surface area contributed by atoms with E-state index in [-0.39, 0.29) is 0 Å². The highest BCUT2D eigenvalue weighted by molar-refractivity contribution is 5.04. The molecule has 0 aliphatic rings. The van der Waals surface area contributed by atoms with Crippen molar-refractivity contribution in [3.05, 3.63) is 11.6 Å². The van der Waals surface area contributed by atoms with Crippen molar-refractivity contribution >= 4 is 0 Å². The molecule has 0 aromatic heterocycles. The van der Waals surface area contributed by atoms with Crippen molar-refractivity contribution < 1.29 is 0 Å². The minimum absolute atomic E-state index is 0.440. The van der Waals surface area contributed by atoms with Crippen LogP contribution in [0.5, 0.6) is 0 Å². The van der Waals surface area contributed by atoms with Crippen LogP contribution in [0.4, 0.5) is 0 Å². The lowest BCUT2D eigenvalue weighted by Gasteiger charge is -2.17. The Hall–Kier alpha value is -0.260. The van der Waals surface area contributed by atoms with E-state index < -0.39 is 0 Å². The highest BCUT2D eigenvalue weighted by Gasteiger charge is 2.08. The van der Waals surface area contributed by atoms with Crippen LogP contribution in [0.3, 0.4) is 0 Å². The van der Waals surface area contributed by atoms with Gasteiger partial charge in [0.05, 0.1) is 0 Å². The molecule has 0 rings (SSSR count). The second kappa shape index (κ2) is 4.69. The molecule has 0 amide bonds. The van der Waals surface area contributed by atoms with Crippen LogP contribution in [-0.4, -0.2) is 0 Å². The van der Waals surface area contributed by atoms with Crippen LogP contribution in [0.1, 0.15) is 54.4 Å². The summed E-state index contributed by atoms with van der Waals surface area (Å²) in [5.74, 6) is 0.720. The summed E-state index contributed by atoms with van der Waals surface area (Å²) in [5, 5.41) is 0. The quantitative estimate of drug-likeness (QED) is 0.547. The van der Waals surface area contributed by atoms with E-state index in [1.54, 1.807) is 5.57 Å². The molecule has 0 fully saturated rings. The molecule has 0 spiro atoms. The topological polar surface area (TPSA) is 0 Å². The van der Waals surface area contributed by atoms with Gasteiger partial charge >= 0.3 is 0 Å². The fraction of sp³-hybridized carbons (Fsp3) is 0.833. The van der Waals surface area contributed by atoms with Crippen LogP contribution in [0.2, 0.25) is 0 Å². The highest BCUT2D eigenvalue weighted by Crippen LogP contribution is 2.23. The standard InChI is InChI=1S/C12H24/c1-7-11(10(2)3)8-9-12(4,5)6/h8,10H,7,9H2,1-6H3/b11-8+. The van der Waals surface area contributed by atoms with Gasteiger partial charge in [0.2, 0.25) is 0 Å². The molecule has 0 aliphatic heterocycles. The zero-order valence-electron chi connectivity index (χ0n) is 9.57. The molecule has 0 N–H and O–H groups in total. The largest absolute Gasteiger partial charge is 0.0846 e. The Labute approximate surface area is 78.1 Å². The van der Waals surface area contributed by atoms with Crippen LogP contribution in [-0.2, 0) is 0 Å². The number of hydrogen-bond donors (Lipinski definition) is 0. The summed E-state index contributed by atoms with van der Waals surface area (Å²) >= 11 is 0. The van der Waals surface area contributed by atoms with Crippen molar-refractivity contribution in [2.45, 2.75) is 54.4 Å². The number of hydrogen-bond acceptors (Lipinski definition) is 0. The van der Waals surface area contributed by atoms with Gasteiger partial charge in [0.15, 0.2) is 0 Å². The molecular weight excluding hydrogens is 144 g/mol. The van der Waals surface area contributed by atoms with Crippen molar-refractivity contribution in [2.24, 2.45) is 11.3 Å². The third-order valence-corrected chi connectivity index (χ3v) is 2.13. The predicted molar refractivity (Wildman–Crippen MR) is 57.3 cm³/mol. The Balaban J connectivity index is 4.13. The van der Waals surface area contributed by atoms with Crippen LogP contribution in [0.25, 0.3) is 0 Å². The van der Waals surface area contributed by atoms with E-state index in [9.17, 15) is 0 Å².